The van der Waals surface area contributed by atoms with Crippen LogP contribution in [0.5, 0.6) is 5.75 Å². The third-order valence-electron chi connectivity index (χ3n) is 8.93. The molecule has 1 saturated carbocycles. The van der Waals surface area contributed by atoms with Crippen LogP contribution in [-0.2, 0) is 5.54 Å². The topological polar surface area (TPSA) is 75.5 Å². The molecule has 1 fully saturated rings. The number of fused-ring (bicyclic) bond motifs is 1. The molecule has 1 aliphatic carbocycles. The summed E-state index contributed by atoms with van der Waals surface area (Å²) in [6.07, 6.45) is 5.97. The van der Waals surface area contributed by atoms with Crippen LogP contribution in [0.3, 0.4) is 0 Å². The zero-order valence-electron chi connectivity index (χ0n) is 26.0. The van der Waals surface area contributed by atoms with Crippen molar-refractivity contribution in [1.29, 1.82) is 0 Å². The largest absolute Gasteiger partial charge is 0.489 e. The van der Waals surface area contributed by atoms with Crippen LogP contribution in [-0.4, -0.2) is 71.1 Å². The zero-order valence-corrected chi connectivity index (χ0v) is 26.0. The molecule has 1 aromatic carbocycles. The number of amides is 1. The SMILES string of the molecule is CC(C)C(C)CCN(C)CCOc1ccc(Nc2ncc3cc(C(=O)N(C)C)n(C4(C(C)C)CCC4)c3n2)cc1F. The van der Waals surface area contributed by atoms with Gasteiger partial charge in [-0.15, -0.1) is 0 Å². The number of rotatable bonds is 13. The molecule has 0 saturated heterocycles. The molecular formula is C32H47FN6O2. The molecule has 1 N–H and O–H groups in total. The Bertz CT molecular complexity index is 1350. The number of benzene rings is 1. The molecule has 1 aliphatic rings. The van der Waals surface area contributed by atoms with Crippen LogP contribution >= 0.6 is 0 Å². The van der Waals surface area contributed by atoms with E-state index in [1.54, 1.807) is 37.3 Å². The molecule has 41 heavy (non-hydrogen) atoms. The van der Waals surface area contributed by atoms with Crippen molar-refractivity contribution in [2.75, 3.05) is 46.2 Å². The van der Waals surface area contributed by atoms with Gasteiger partial charge < -0.3 is 24.4 Å². The van der Waals surface area contributed by atoms with Gasteiger partial charge in [-0.3, -0.25) is 4.79 Å². The fourth-order valence-corrected chi connectivity index (χ4v) is 5.49. The lowest BCUT2D eigenvalue weighted by molar-refractivity contribution is 0.0679. The normalized spacial score (nSPS) is 15.4. The van der Waals surface area contributed by atoms with Crippen molar-refractivity contribution in [3.05, 3.63) is 42.0 Å². The number of nitrogens with one attached hydrogen (secondary N) is 1. The fraction of sp³-hybridized carbons (Fsp3) is 0.594. The van der Waals surface area contributed by atoms with Crippen molar-refractivity contribution in [2.24, 2.45) is 17.8 Å². The fourth-order valence-electron chi connectivity index (χ4n) is 5.49. The van der Waals surface area contributed by atoms with E-state index in [0.29, 0.717) is 47.3 Å². The summed E-state index contributed by atoms with van der Waals surface area (Å²) in [5.74, 6) is 1.74. The Balaban J connectivity index is 1.48. The highest BCUT2D eigenvalue weighted by atomic mass is 19.1. The number of carbonyl (C=O) groups excluding carboxylic acids is 1. The monoisotopic (exact) mass is 566 g/mol. The first-order valence-electron chi connectivity index (χ1n) is 14.9. The molecule has 1 atom stereocenters. The molecule has 3 aromatic rings. The molecule has 0 aliphatic heterocycles. The van der Waals surface area contributed by atoms with E-state index in [1.807, 2.05) is 6.07 Å². The predicted molar refractivity (Wildman–Crippen MR) is 164 cm³/mol. The van der Waals surface area contributed by atoms with E-state index in [2.05, 4.69) is 61.4 Å². The van der Waals surface area contributed by atoms with Crippen LogP contribution in [0.15, 0.2) is 30.5 Å². The minimum Gasteiger partial charge on any atom is -0.489 e. The number of carbonyl (C=O) groups is 1. The summed E-state index contributed by atoms with van der Waals surface area (Å²) in [6.45, 7) is 13.3. The summed E-state index contributed by atoms with van der Waals surface area (Å²) in [5, 5.41) is 3.96. The summed E-state index contributed by atoms with van der Waals surface area (Å²) in [7, 11) is 5.60. The predicted octanol–water partition coefficient (Wildman–Crippen LogP) is 6.54. The highest BCUT2D eigenvalue weighted by Crippen LogP contribution is 2.48. The molecule has 2 heterocycles. The Kier molecular flexibility index (Phi) is 9.57. The Morgan fingerprint density at radius 3 is 2.44 bits per heavy atom. The number of ether oxygens (including phenoxy) is 1. The van der Waals surface area contributed by atoms with Gasteiger partial charge in [0.1, 0.15) is 17.9 Å². The van der Waals surface area contributed by atoms with Crippen LogP contribution in [0.25, 0.3) is 11.0 Å². The van der Waals surface area contributed by atoms with Gasteiger partial charge in [-0.1, -0.05) is 34.6 Å². The Morgan fingerprint density at radius 1 is 1.12 bits per heavy atom. The summed E-state index contributed by atoms with van der Waals surface area (Å²) >= 11 is 0. The molecule has 1 amide bonds. The first-order valence-corrected chi connectivity index (χ1v) is 14.9. The van der Waals surface area contributed by atoms with E-state index in [0.717, 1.165) is 44.2 Å². The summed E-state index contributed by atoms with van der Waals surface area (Å²) < 4.78 is 22.8. The van der Waals surface area contributed by atoms with Gasteiger partial charge in [-0.05, 0) is 75.2 Å². The molecule has 0 bridgehead atoms. The van der Waals surface area contributed by atoms with E-state index >= 15 is 0 Å². The van der Waals surface area contributed by atoms with E-state index in [-0.39, 0.29) is 17.2 Å². The van der Waals surface area contributed by atoms with Gasteiger partial charge in [0, 0.05) is 49.5 Å². The van der Waals surface area contributed by atoms with Gasteiger partial charge in [0.25, 0.3) is 5.91 Å². The summed E-state index contributed by atoms with van der Waals surface area (Å²) in [6, 6.07) is 6.69. The summed E-state index contributed by atoms with van der Waals surface area (Å²) in [4.78, 5) is 26.3. The van der Waals surface area contributed by atoms with Gasteiger partial charge in [0.2, 0.25) is 5.95 Å². The molecule has 0 radical (unpaired) electrons. The van der Waals surface area contributed by atoms with Crippen molar-refractivity contribution in [3.63, 3.8) is 0 Å². The van der Waals surface area contributed by atoms with Crippen molar-refractivity contribution < 1.29 is 13.9 Å². The van der Waals surface area contributed by atoms with E-state index in [4.69, 9.17) is 9.72 Å². The van der Waals surface area contributed by atoms with Gasteiger partial charge in [-0.2, -0.15) is 4.98 Å². The average Bonchev–Trinajstić information content (AvgIpc) is 3.25. The van der Waals surface area contributed by atoms with Crippen LogP contribution in [0.1, 0.15) is 70.8 Å². The lowest BCUT2D eigenvalue weighted by atomic mass is 9.69. The minimum absolute atomic E-state index is 0.0570. The molecule has 8 nitrogen and oxygen atoms in total. The molecule has 9 heteroatoms. The highest BCUT2D eigenvalue weighted by molar-refractivity contribution is 5.98. The first kappa shape index (κ1) is 30.8. The maximum Gasteiger partial charge on any atom is 0.270 e. The number of likely N-dealkylation sites (N-methyl/N-ethyl adjacent to an activating group) is 1. The minimum atomic E-state index is -0.442. The van der Waals surface area contributed by atoms with Crippen molar-refractivity contribution >= 4 is 28.6 Å². The molecular weight excluding hydrogens is 519 g/mol. The van der Waals surface area contributed by atoms with Gasteiger partial charge in [0.15, 0.2) is 11.6 Å². The van der Waals surface area contributed by atoms with E-state index in [1.165, 1.54) is 6.07 Å². The molecule has 224 valence electrons. The van der Waals surface area contributed by atoms with E-state index < -0.39 is 5.82 Å². The van der Waals surface area contributed by atoms with Gasteiger partial charge >= 0.3 is 0 Å². The zero-order chi connectivity index (χ0) is 29.9. The smallest absolute Gasteiger partial charge is 0.270 e. The average molecular weight is 567 g/mol. The number of halogens is 1. The van der Waals surface area contributed by atoms with Crippen molar-refractivity contribution in [1.82, 2.24) is 24.3 Å². The first-order chi connectivity index (χ1) is 19.4. The lowest BCUT2D eigenvalue weighted by Crippen LogP contribution is -2.47. The second kappa shape index (κ2) is 12.8. The number of nitrogens with zero attached hydrogens (tertiary/aromatic N) is 5. The Labute approximate surface area is 244 Å². The van der Waals surface area contributed by atoms with Crippen LogP contribution in [0, 0.1) is 23.6 Å². The molecule has 0 spiro atoms. The quantitative estimate of drug-likeness (QED) is 0.253. The third-order valence-corrected chi connectivity index (χ3v) is 8.93. The maximum atomic E-state index is 14.9. The van der Waals surface area contributed by atoms with Crippen molar-refractivity contribution in [3.8, 4) is 5.75 Å². The number of anilines is 2. The standard InChI is InChI=1S/C32H47FN6O2/c1-21(2)23(5)12-15-38(8)16-17-41-28-11-10-25(19-26(28)33)35-31-34-20-24-18-27(30(40)37(6)7)39(29(24)36-31)32(22(3)4)13-9-14-32/h10-11,18-23H,9,12-17H2,1-8H3,(H,34,35,36). The maximum absolute atomic E-state index is 14.9. The van der Waals surface area contributed by atoms with Crippen molar-refractivity contribution in [2.45, 2.75) is 65.8 Å². The summed E-state index contributed by atoms with van der Waals surface area (Å²) in [5.41, 5.74) is 1.70. The second-order valence-electron chi connectivity index (χ2n) is 12.6. The number of hydrogen-bond acceptors (Lipinski definition) is 6. The van der Waals surface area contributed by atoms with Crippen LogP contribution in [0.4, 0.5) is 16.0 Å². The highest BCUT2D eigenvalue weighted by Gasteiger charge is 2.44. The Hall–Kier alpha value is -3.20. The van der Waals surface area contributed by atoms with Crippen LogP contribution < -0.4 is 10.1 Å². The van der Waals surface area contributed by atoms with Crippen LogP contribution in [0.2, 0.25) is 0 Å². The molecule has 1 unspecified atom stereocenters. The number of hydrogen-bond donors (Lipinski definition) is 1. The second-order valence-corrected chi connectivity index (χ2v) is 12.6. The van der Waals surface area contributed by atoms with E-state index in [9.17, 15) is 9.18 Å². The molecule has 4 rings (SSSR count). The van der Waals surface area contributed by atoms with Gasteiger partial charge in [-0.25, -0.2) is 9.37 Å². The van der Waals surface area contributed by atoms with Gasteiger partial charge in [0.05, 0.1) is 0 Å². The lowest BCUT2D eigenvalue weighted by Gasteiger charge is -2.48. The third kappa shape index (κ3) is 6.66. The molecule has 2 aromatic heterocycles. The Morgan fingerprint density at radius 2 is 1.85 bits per heavy atom. The number of aromatic nitrogens is 3.